The van der Waals surface area contributed by atoms with Crippen LogP contribution in [0.2, 0.25) is 0 Å². The molecule has 0 bridgehead atoms. The normalized spacial score (nSPS) is 18.3. The molecule has 1 aromatic carbocycles. The lowest BCUT2D eigenvalue weighted by molar-refractivity contribution is -0.124. The Morgan fingerprint density at radius 3 is 2.74 bits per heavy atom. The second-order valence-corrected chi connectivity index (χ2v) is 6.42. The highest BCUT2D eigenvalue weighted by Gasteiger charge is 2.52. The van der Waals surface area contributed by atoms with Crippen LogP contribution in [0.4, 0.5) is 4.39 Å². The predicted molar refractivity (Wildman–Crippen MR) is 83.1 cm³/mol. The predicted octanol–water partition coefficient (Wildman–Crippen LogP) is 1.61. The maximum atomic E-state index is 14.0. The standard InChI is InChI=1S/C17H20FN3O2/c1-16(23,12-9-20-21(2)10-12)11-19-15(22)17(7-8-17)13-5-3-4-6-14(13)18/h3-6,9-10,23H,7-8,11H2,1-2H3,(H,19,22). The lowest BCUT2D eigenvalue weighted by atomic mass is 9.93. The smallest absolute Gasteiger partial charge is 0.230 e. The van der Waals surface area contributed by atoms with Crippen molar-refractivity contribution in [2.45, 2.75) is 30.8 Å². The van der Waals surface area contributed by atoms with E-state index in [4.69, 9.17) is 0 Å². The molecule has 23 heavy (non-hydrogen) atoms. The summed E-state index contributed by atoms with van der Waals surface area (Å²) in [4.78, 5) is 12.6. The summed E-state index contributed by atoms with van der Waals surface area (Å²) in [5, 5.41) is 17.3. The van der Waals surface area contributed by atoms with Crippen LogP contribution in [-0.2, 0) is 22.9 Å². The highest BCUT2D eigenvalue weighted by atomic mass is 19.1. The number of aromatic nitrogens is 2. The Labute approximate surface area is 134 Å². The van der Waals surface area contributed by atoms with Crippen molar-refractivity contribution < 1.29 is 14.3 Å². The SMILES string of the molecule is Cn1cc(C(C)(O)CNC(=O)C2(c3ccccc3F)CC2)cn1. The molecule has 1 aliphatic carbocycles. The number of nitrogens with one attached hydrogen (secondary N) is 1. The van der Waals surface area contributed by atoms with Gasteiger partial charge in [-0.1, -0.05) is 18.2 Å². The summed E-state index contributed by atoms with van der Waals surface area (Å²) in [6, 6.07) is 6.37. The van der Waals surface area contributed by atoms with Crippen molar-refractivity contribution in [1.82, 2.24) is 15.1 Å². The van der Waals surface area contributed by atoms with Crippen LogP contribution in [-0.4, -0.2) is 27.3 Å². The number of halogens is 1. The first-order valence-electron chi connectivity index (χ1n) is 7.60. The molecule has 2 aromatic rings. The molecule has 1 fully saturated rings. The molecular formula is C17H20FN3O2. The molecule has 0 saturated heterocycles. The third-order valence-electron chi connectivity index (χ3n) is 4.49. The van der Waals surface area contributed by atoms with Crippen molar-refractivity contribution in [3.8, 4) is 0 Å². The van der Waals surface area contributed by atoms with E-state index >= 15 is 0 Å². The van der Waals surface area contributed by atoms with Gasteiger partial charge in [0.05, 0.1) is 18.2 Å². The highest BCUT2D eigenvalue weighted by molar-refractivity contribution is 5.91. The van der Waals surface area contributed by atoms with Gasteiger partial charge in [-0.25, -0.2) is 4.39 Å². The van der Waals surface area contributed by atoms with Gasteiger partial charge in [0.25, 0.3) is 0 Å². The molecular weight excluding hydrogens is 297 g/mol. The average Bonchev–Trinajstić information content (AvgIpc) is 3.20. The molecule has 1 heterocycles. The first-order chi connectivity index (χ1) is 10.8. The van der Waals surface area contributed by atoms with Crippen molar-refractivity contribution in [1.29, 1.82) is 0 Å². The van der Waals surface area contributed by atoms with Crippen LogP contribution in [0.15, 0.2) is 36.7 Å². The number of hydrogen-bond acceptors (Lipinski definition) is 3. The zero-order valence-electron chi connectivity index (χ0n) is 13.2. The highest BCUT2D eigenvalue weighted by Crippen LogP contribution is 2.49. The summed E-state index contributed by atoms with van der Waals surface area (Å²) in [5.74, 6) is -0.606. The Balaban J connectivity index is 1.72. The summed E-state index contributed by atoms with van der Waals surface area (Å²) >= 11 is 0. The van der Waals surface area contributed by atoms with E-state index in [0.29, 0.717) is 24.0 Å². The van der Waals surface area contributed by atoms with Gasteiger partial charge in [0, 0.05) is 24.4 Å². The van der Waals surface area contributed by atoms with E-state index in [0.717, 1.165) is 0 Å². The van der Waals surface area contributed by atoms with Crippen molar-refractivity contribution in [3.05, 3.63) is 53.6 Å². The fourth-order valence-electron chi connectivity index (χ4n) is 2.82. The third-order valence-corrected chi connectivity index (χ3v) is 4.49. The molecule has 5 nitrogen and oxygen atoms in total. The number of aryl methyl sites for hydroxylation is 1. The average molecular weight is 317 g/mol. The van der Waals surface area contributed by atoms with Gasteiger partial charge in [-0.3, -0.25) is 9.48 Å². The van der Waals surface area contributed by atoms with Crippen molar-refractivity contribution in [3.63, 3.8) is 0 Å². The number of aliphatic hydroxyl groups is 1. The Bertz CT molecular complexity index is 735. The van der Waals surface area contributed by atoms with Crippen LogP contribution in [0.3, 0.4) is 0 Å². The van der Waals surface area contributed by atoms with Crippen LogP contribution in [0.25, 0.3) is 0 Å². The summed E-state index contributed by atoms with van der Waals surface area (Å²) in [6.45, 7) is 1.67. The molecule has 1 saturated carbocycles. The lowest BCUT2D eigenvalue weighted by Gasteiger charge is -2.24. The minimum absolute atomic E-state index is 0.0493. The zero-order chi connectivity index (χ0) is 16.7. The van der Waals surface area contributed by atoms with Gasteiger partial charge < -0.3 is 10.4 Å². The van der Waals surface area contributed by atoms with Crippen LogP contribution in [0.5, 0.6) is 0 Å². The zero-order valence-corrected chi connectivity index (χ0v) is 13.2. The maximum absolute atomic E-state index is 14.0. The van der Waals surface area contributed by atoms with Gasteiger partial charge in [0.2, 0.25) is 5.91 Å². The monoisotopic (exact) mass is 317 g/mol. The molecule has 1 atom stereocenters. The Hall–Kier alpha value is -2.21. The molecule has 1 aromatic heterocycles. The maximum Gasteiger partial charge on any atom is 0.230 e. The van der Waals surface area contributed by atoms with Crippen LogP contribution in [0, 0.1) is 5.82 Å². The molecule has 1 aliphatic rings. The van der Waals surface area contributed by atoms with Gasteiger partial charge >= 0.3 is 0 Å². The minimum Gasteiger partial charge on any atom is -0.383 e. The van der Waals surface area contributed by atoms with Gasteiger partial charge in [-0.15, -0.1) is 0 Å². The number of nitrogens with zero attached hydrogens (tertiary/aromatic N) is 2. The van der Waals surface area contributed by atoms with Gasteiger partial charge in [0.15, 0.2) is 0 Å². The van der Waals surface area contributed by atoms with E-state index in [1.807, 2.05) is 0 Å². The first-order valence-corrected chi connectivity index (χ1v) is 7.60. The second-order valence-electron chi connectivity index (χ2n) is 6.42. The van der Waals surface area contributed by atoms with Gasteiger partial charge in [-0.05, 0) is 25.8 Å². The number of benzene rings is 1. The first kappa shape index (κ1) is 15.7. The van der Waals surface area contributed by atoms with Crippen LogP contribution < -0.4 is 5.32 Å². The molecule has 6 heteroatoms. The quantitative estimate of drug-likeness (QED) is 0.880. The van der Waals surface area contributed by atoms with Crippen LogP contribution >= 0.6 is 0 Å². The van der Waals surface area contributed by atoms with Gasteiger partial charge in [-0.2, -0.15) is 5.10 Å². The molecule has 0 radical (unpaired) electrons. The molecule has 0 aliphatic heterocycles. The Kier molecular flexibility index (Phi) is 3.72. The van der Waals surface area contributed by atoms with E-state index in [9.17, 15) is 14.3 Å². The Morgan fingerprint density at radius 2 is 2.17 bits per heavy atom. The fourth-order valence-corrected chi connectivity index (χ4v) is 2.82. The number of carbonyl (C=O) groups excluding carboxylic acids is 1. The summed E-state index contributed by atoms with van der Waals surface area (Å²) in [6.07, 6.45) is 4.51. The minimum atomic E-state index is -1.23. The fraction of sp³-hybridized carbons (Fsp3) is 0.412. The number of hydrogen-bond donors (Lipinski definition) is 2. The largest absolute Gasteiger partial charge is 0.383 e. The number of rotatable bonds is 5. The van der Waals surface area contributed by atoms with Crippen molar-refractivity contribution in [2.75, 3.05) is 6.54 Å². The van der Waals surface area contributed by atoms with Gasteiger partial charge in [0.1, 0.15) is 11.4 Å². The molecule has 0 spiro atoms. The Morgan fingerprint density at radius 1 is 1.48 bits per heavy atom. The van der Waals surface area contributed by atoms with Crippen LogP contribution in [0.1, 0.15) is 30.9 Å². The van der Waals surface area contributed by atoms with Crippen molar-refractivity contribution >= 4 is 5.91 Å². The van der Waals surface area contributed by atoms with E-state index in [1.165, 1.54) is 6.07 Å². The molecule has 1 amide bonds. The lowest BCUT2D eigenvalue weighted by Crippen LogP contribution is -2.43. The van der Waals surface area contributed by atoms with E-state index in [-0.39, 0.29) is 18.3 Å². The third kappa shape index (κ3) is 2.86. The molecule has 2 N–H and O–H groups in total. The number of amides is 1. The van der Waals surface area contributed by atoms with E-state index in [2.05, 4.69) is 10.4 Å². The molecule has 3 rings (SSSR count). The summed E-state index contributed by atoms with van der Waals surface area (Å²) in [7, 11) is 1.76. The topological polar surface area (TPSA) is 67.2 Å². The summed E-state index contributed by atoms with van der Waals surface area (Å²) in [5.41, 5.74) is -0.972. The van der Waals surface area contributed by atoms with E-state index < -0.39 is 11.0 Å². The second kappa shape index (κ2) is 5.45. The summed E-state index contributed by atoms with van der Waals surface area (Å²) < 4.78 is 15.6. The molecule has 1 unspecified atom stereocenters. The number of carbonyl (C=O) groups is 1. The van der Waals surface area contributed by atoms with Crippen molar-refractivity contribution in [2.24, 2.45) is 7.05 Å². The van der Waals surface area contributed by atoms with E-state index in [1.54, 1.807) is 49.2 Å². The molecule has 122 valence electrons.